The number of halogens is 3. The number of alkyl halides is 3. The summed E-state index contributed by atoms with van der Waals surface area (Å²) in [4.78, 5) is 22.5. The Morgan fingerprint density at radius 2 is 1.71 bits per heavy atom. The van der Waals surface area contributed by atoms with Gasteiger partial charge in [0, 0.05) is 6.54 Å². The minimum absolute atomic E-state index is 0.259. The summed E-state index contributed by atoms with van der Waals surface area (Å²) in [5.41, 5.74) is -2.91. The van der Waals surface area contributed by atoms with E-state index < -0.39 is 34.7 Å². The maximum atomic E-state index is 12.2. The summed E-state index contributed by atoms with van der Waals surface area (Å²) in [5.74, 6) is -2.95. The lowest BCUT2D eigenvalue weighted by Crippen LogP contribution is -2.67. The zero-order chi connectivity index (χ0) is 16.1. The molecule has 120 valence electrons. The fourth-order valence-electron chi connectivity index (χ4n) is 3.50. The molecule has 0 radical (unpaired) electrons. The highest BCUT2D eigenvalue weighted by Crippen LogP contribution is 2.57. The van der Waals surface area contributed by atoms with E-state index in [2.05, 4.69) is 0 Å². The molecule has 3 fully saturated rings. The van der Waals surface area contributed by atoms with Crippen LogP contribution in [0.1, 0.15) is 39.5 Å². The Labute approximate surface area is 119 Å². The third-order valence-electron chi connectivity index (χ3n) is 4.88. The van der Waals surface area contributed by atoms with Gasteiger partial charge in [-0.2, -0.15) is 13.2 Å². The highest BCUT2D eigenvalue weighted by Gasteiger charge is 2.63. The van der Waals surface area contributed by atoms with Gasteiger partial charge in [0.2, 0.25) is 0 Å². The Bertz CT molecular complexity index is 465. The predicted molar refractivity (Wildman–Crippen MR) is 65.5 cm³/mol. The van der Waals surface area contributed by atoms with E-state index in [1.807, 2.05) is 5.32 Å². The molecule has 2 heterocycles. The van der Waals surface area contributed by atoms with Crippen LogP contribution in [0.5, 0.6) is 0 Å². The Balaban J connectivity index is 2.11. The van der Waals surface area contributed by atoms with Gasteiger partial charge in [-0.3, -0.25) is 9.59 Å². The summed E-state index contributed by atoms with van der Waals surface area (Å²) < 4.78 is 42.5. The summed E-state index contributed by atoms with van der Waals surface area (Å²) in [6.07, 6.45) is -3.63. The van der Waals surface area contributed by atoms with Crippen molar-refractivity contribution in [2.45, 2.75) is 56.9 Å². The minimum atomic E-state index is -4.93. The van der Waals surface area contributed by atoms with Gasteiger partial charge in [0.1, 0.15) is 0 Å². The lowest BCUT2D eigenvalue weighted by atomic mass is 9.57. The van der Waals surface area contributed by atoms with Crippen molar-refractivity contribution in [2.75, 3.05) is 6.54 Å². The lowest BCUT2D eigenvalue weighted by Gasteiger charge is -2.59. The Hall–Kier alpha value is -1.31. The minimum Gasteiger partial charge on any atom is -0.481 e. The number of ether oxygens (including phenoxy) is 1. The number of carboxylic acids is 1. The molecule has 3 rings (SSSR count). The number of hydrogen-bond acceptors (Lipinski definition) is 3. The third kappa shape index (κ3) is 2.49. The van der Waals surface area contributed by atoms with Crippen LogP contribution in [0.25, 0.3) is 0 Å². The van der Waals surface area contributed by atoms with E-state index >= 15 is 0 Å². The maximum absolute atomic E-state index is 12.2. The third-order valence-corrected chi connectivity index (χ3v) is 4.88. The Kier molecular flexibility index (Phi) is 3.51. The number of rotatable bonds is 3. The summed E-state index contributed by atoms with van der Waals surface area (Å²) in [7, 11) is 0. The standard InChI is InChI=1S/C13H18F3NO4/c1-10(2)12(9(19)20)5-3-11(21-10,4-6-12)7-17-8(18)13(14,15)16/h3-7H2,1-2H3,(H,17,18)(H,19,20). The van der Waals surface area contributed by atoms with Gasteiger partial charge in [-0.05, 0) is 39.5 Å². The topological polar surface area (TPSA) is 75.6 Å². The Morgan fingerprint density at radius 3 is 2.10 bits per heavy atom. The van der Waals surface area contributed by atoms with Crippen LogP contribution in [-0.2, 0) is 14.3 Å². The molecule has 2 N–H and O–H groups in total. The van der Waals surface area contributed by atoms with Gasteiger partial charge >= 0.3 is 18.1 Å². The molecule has 0 spiro atoms. The first-order valence-electron chi connectivity index (χ1n) is 6.73. The second-order valence-corrected chi connectivity index (χ2v) is 6.36. The molecular formula is C13H18F3NO4. The van der Waals surface area contributed by atoms with Crippen molar-refractivity contribution in [3.8, 4) is 0 Å². The van der Waals surface area contributed by atoms with Crippen LogP contribution in [0.4, 0.5) is 13.2 Å². The average molecular weight is 309 g/mol. The predicted octanol–water partition coefficient (Wildman–Crippen LogP) is 1.86. The molecule has 0 aromatic carbocycles. The van der Waals surface area contributed by atoms with Crippen molar-refractivity contribution in [2.24, 2.45) is 5.41 Å². The van der Waals surface area contributed by atoms with E-state index in [4.69, 9.17) is 4.74 Å². The second-order valence-electron chi connectivity index (χ2n) is 6.36. The molecule has 2 bridgehead atoms. The van der Waals surface area contributed by atoms with E-state index in [0.29, 0.717) is 25.7 Å². The molecule has 2 saturated heterocycles. The summed E-state index contributed by atoms with van der Waals surface area (Å²) in [6.45, 7) is 3.02. The molecule has 8 heteroatoms. The van der Waals surface area contributed by atoms with Crippen LogP contribution in [0, 0.1) is 5.41 Å². The number of carbonyl (C=O) groups is 2. The van der Waals surface area contributed by atoms with E-state index in [9.17, 15) is 27.9 Å². The number of carboxylic acid groups (broad SMARTS) is 1. The average Bonchev–Trinajstić information content (AvgIpc) is 2.34. The van der Waals surface area contributed by atoms with Crippen LogP contribution in [0.15, 0.2) is 0 Å². The number of amides is 1. The molecule has 0 aromatic heterocycles. The van der Waals surface area contributed by atoms with Crippen molar-refractivity contribution in [3.05, 3.63) is 0 Å². The van der Waals surface area contributed by atoms with Crippen molar-refractivity contribution in [1.29, 1.82) is 0 Å². The number of fused-ring (bicyclic) bond motifs is 3. The first-order valence-corrected chi connectivity index (χ1v) is 6.73. The van der Waals surface area contributed by atoms with Gasteiger partial charge in [0.15, 0.2) is 0 Å². The fraction of sp³-hybridized carbons (Fsp3) is 0.846. The lowest BCUT2D eigenvalue weighted by molar-refractivity contribution is -0.274. The van der Waals surface area contributed by atoms with Crippen molar-refractivity contribution < 1.29 is 32.6 Å². The SMILES string of the molecule is CC1(C)OC2(CNC(=O)C(F)(F)F)CCC1(C(=O)O)CC2. The number of carbonyl (C=O) groups excluding carboxylic acids is 1. The summed E-state index contributed by atoms with van der Waals surface area (Å²) in [5, 5.41) is 11.3. The van der Waals surface area contributed by atoms with Crippen LogP contribution >= 0.6 is 0 Å². The van der Waals surface area contributed by atoms with Gasteiger partial charge in [0.05, 0.1) is 16.6 Å². The number of nitrogens with one attached hydrogen (secondary N) is 1. The van der Waals surface area contributed by atoms with E-state index in [0.717, 1.165) is 0 Å². The summed E-state index contributed by atoms with van der Waals surface area (Å²) >= 11 is 0. The van der Waals surface area contributed by atoms with Gasteiger partial charge in [0.25, 0.3) is 0 Å². The van der Waals surface area contributed by atoms with E-state index in [-0.39, 0.29) is 6.54 Å². The molecule has 1 saturated carbocycles. The molecular weight excluding hydrogens is 291 g/mol. The van der Waals surface area contributed by atoms with Crippen molar-refractivity contribution in [3.63, 3.8) is 0 Å². The highest BCUT2D eigenvalue weighted by molar-refractivity contribution is 5.81. The second kappa shape index (κ2) is 4.59. The maximum Gasteiger partial charge on any atom is 0.471 e. The molecule has 0 atom stereocenters. The molecule has 5 nitrogen and oxygen atoms in total. The molecule has 1 aliphatic carbocycles. The molecule has 1 amide bonds. The van der Waals surface area contributed by atoms with E-state index in [1.54, 1.807) is 13.8 Å². The van der Waals surface area contributed by atoms with Crippen molar-refractivity contribution in [1.82, 2.24) is 5.32 Å². The van der Waals surface area contributed by atoms with Crippen molar-refractivity contribution >= 4 is 11.9 Å². The zero-order valence-electron chi connectivity index (χ0n) is 11.8. The van der Waals surface area contributed by atoms with Crippen LogP contribution in [0.2, 0.25) is 0 Å². The smallest absolute Gasteiger partial charge is 0.471 e. The van der Waals surface area contributed by atoms with Gasteiger partial charge in [-0.15, -0.1) is 0 Å². The zero-order valence-corrected chi connectivity index (χ0v) is 11.8. The number of aliphatic carboxylic acids is 1. The van der Waals surface area contributed by atoms with Crippen LogP contribution in [0.3, 0.4) is 0 Å². The van der Waals surface area contributed by atoms with Crippen LogP contribution < -0.4 is 5.32 Å². The largest absolute Gasteiger partial charge is 0.481 e. The normalized spacial score (nSPS) is 34.5. The Morgan fingerprint density at radius 1 is 1.19 bits per heavy atom. The fourth-order valence-corrected chi connectivity index (χ4v) is 3.50. The molecule has 21 heavy (non-hydrogen) atoms. The molecule has 3 aliphatic rings. The molecule has 0 aromatic rings. The summed E-state index contributed by atoms with van der Waals surface area (Å²) in [6, 6.07) is 0. The molecule has 2 aliphatic heterocycles. The first-order chi connectivity index (χ1) is 9.44. The van der Waals surface area contributed by atoms with Gasteiger partial charge < -0.3 is 15.2 Å². The van der Waals surface area contributed by atoms with Gasteiger partial charge in [-0.25, -0.2) is 0 Å². The molecule has 0 unspecified atom stereocenters. The highest BCUT2D eigenvalue weighted by atomic mass is 19.4. The van der Waals surface area contributed by atoms with Gasteiger partial charge in [-0.1, -0.05) is 0 Å². The first kappa shape index (κ1) is 16.1. The number of hydrogen-bond donors (Lipinski definition) is 2. The van der Waals surface area contributed by atoms with Crippen LogP contribution in [-0.4, -0.2) is 40.9 Å². The monoisotopic (exact) mass is 309 g/mol. The quantitative estimate of drug-likeness (QED) is 0.834. The van der Waals surface area contributed by atoms with E-state index in [1.165, 1.54) is 0 Å².